The first-order valence-electron chi connectivity index (χ1n) is 8.58. The Labute approximate surface area is 148 Å². The first kappa shape index (κ1) is 19.0. The van der Waals surface area contributed by atoms with Crippen LogP contribution in [0, 0.1) is 5.92 Å². The van der Waals surface area contributed by atoms with Gasteiger partial charge in [-0.2, -0.15) is 0 Å². The van der Waals surface area contributed by atoms with Gasteiger partial charge in [-0.1, -0.05) is 32.9 Å². The van der Waals surface area contributed by atoms with Crippen molar-refractivity contribution in [3.8, 4) is 0 Å². The lowest BCUT2D eigenvalue weighted by Crippen LogP contribution is -2.33. The summed E-state index contributed by atoms with van der Waals surface area (Å²) in [6, 6.07) is 7.46. The maximum absolute atomic E-state index is 12.1. The molecule has 6 nitrogen and oxygen atoms in total. The molecule has 6 heteroatoms. The molecule has 136 valence electrons. The van der Waals surface area contributed by atoms with Crippen molar-refractivity contribution < 1.29 is 19.5 Å². The molecule has 1 fully saturated rings. The number of carboxylic acids is 1. The quantitative estimate of drug-likeness (QED) is 0.854. The lowest BCUT2D eigenvalue weighted by molar-refractivity contribution is -0.141. The van der Waals surface area contributed by atoms with E-state index in [0.29, 0.717) is 18.5 Å². The molecule has 0 bridgehead atoms. The molecule has 0 aromatic heterocycles. The molecule has 1 unspecified atom stereocenters. The van der Waals surface area contributed by atoms with Crippen molar-refractivity contribution in [2.45, 2.75) is 39.0 Å². The number of hydrogen-bond acceptors (Lipinski definition) is 3. The second-order valence-electron chi connectivity index (χ2n) is 7.50. The average Bonchev–Trinajstić information content (AvgIpc) is 3.04. The number of carboxylic acid groups (broad SMARTS) is 1. The van der Waals surface area contributed by atoms with E-state index in [2.05, 4.69) is 26.1 Å². The topological polar surface area (TPSA) is 86.7 Å². The zero-order chi connectivity index (χ0) is 18.6. The molecule has 1 atom stereocenters. The van der Waals surface area contributed by atoms with Crippen LogP contribution in [-0.4, -0.2) is 47.4 Å². The number of hydrogen-bond donors (Lipinski definition) is 2. The fourth-order valence-electron chi connectivity index (χ4n) is 2.85. The normalized spacial score (nSPS) is 17.4. The summed E-state index contributed by atoms with van der Waals surface area (Å²) in [6.45, 7) is 7.31. The fourth-order valence-corrected chi connectivity index (χ4v) is 2.85. The highest BCUT2D eigenvalue weighted by Crippen LogP contribution is 2.22. The molecule has 0 radical (unpaired) electrons. The Morgan fingerprint density at radius 3 is 2.36 bits per heavy atom. The van der Waals surface area contributed by atoms with E-state index < -0.39 is 11.9 Å². The van der Waals surface area contributed by atoms with E-state index in [1.165, 1.54) is 0 Å². The largest absolute Gasteiger partial charge is 0.481 e. The Hall–Kier alpha value is -2.37. The molecular weight excluding hydrogens is 320 g/mol. The highest BCUT2D eigenvalue weighted by atomic mass is 16.4. The van der Waals surface area contributed by atoms with Gasteiger partial charge in [-0.25, -0.2) is 0 Å². The SMILES string of the molecule is CC(C)(C)c1ccc(C(=O)NCCC(=O)N2CCC(C(=O)O)C2)cc1. The minimum atomic E-state index is -0.859. The van der Waals surface area contributed by atoms with Crippen LogP contribution in [0.3, 0.4) is 0 Å². The molecule has 2 N–H and O–H groups in total. The van der Waals surface area contributed by atoms with Gasteiger partial charge in [0.05, 0.1) is 5.92 Å². The maximum Gasteiger partial charge on any atom is 0.308 e. The summed E-state index contributed by atoms with van der Waals surface area (Å²) in [7, 11) is 0. The van der Waals surface area contributed by atoms with Crippen LogP contribution in [0.15, 0.2) is 24.3 Å². The Kier molecular flexibility index (Phi) is 5.82. The summed E-state index contributed by atoms with van der Waals surface area (Å²) in [5.74, 6) is -1.66. The Morgan fingerprint density at radius 1 is 1.20 bits per heavy atom. The van der Waals surface area contributed by atoms with Gasteiger partial charge in [-0.3, -0.25) is 14.4 Å². The molecule has 1 aromatic rings. The Morgan fingerprint density at radius 2 is 1.84 bits per heavy atom. The van der Waals surface area contributed by atoms with Crippen molar-refractivity contribution in [3.05, 3.63) is 35.4 Å². The van der Waals surface area contributed by atoms with Crippen LogP contribution in [0.2, 0.25) is 0 Å². The first-order chi connectivity index (χ1) is 11.7. The second kappa shape index (κ2) is 7.68. The number of aliphatic carboxylic acids is 1. The van der Waals surface area contributed by atoms with Crippen LogP contribution in [0.4, 0.5) is 0 Å². The molecule has 1 aliphatic rings. The van der Waals surface area contributed by atoms with Crippen molar-refractivity contribution in [1.29, 1.82) is 0 Å². The number of carbonyl (C=O) groups is 3. The van der Waals surface area contributed by atoms with Gasteiger partial charge in [0.25, 0.3) is 5.91 Å². The summed E-state index contributed by atoms with van der Waals surface area (Å²) >= 11 is 0. The summed E-state index contributed by atoms with van der Waals surface area (Å²) < 4.78 is 0. The maximum atomic E-state index is 12.1. The molecule has 1 saturated heterocycles. The van der Waals surface area contributed by atoms with E-state index in [1.54, 1.807) is 17.0 Å². The molecular formula is C19H26N2O4. The zero-order valence-electron chi connectivity index (χ0n) is 15.0. The van der Waals surface area contributed by atoms with E-state index in [0.717, 1.165) is 5.56 Å². The number of amides is 2. The number of rotatable bonds is 5. The van der Waals surface area contributed by atoms with Crippen LogP contribution in [0.1, 0.15) is 49.5 Å². The van der Waals surface area contributed by atoms with E-state index in [9.17, 15) is 14.4 Å². The third kappa shape index (κ3) is 5.05. The van der Waals surface area contributed by atoms with Gasteiger partial charge >= 0.3 is 5.97 Å². The molecule has 0 saturated carbocycles. The summed E-state index contributed by atoms with van der Waals surface area (Å²) in [5, 5.41) is 11.7. The average molecular weight is 346 g/mol. The van der Waals surface area contributed by atoms with Gasteiger partial charge in [0.15, 0.2) is 0 Å². The Balaban J connectivity index is 1.79. The number of benzene rings is 1. The van der Waals surface area contributed by atoms with Crippen LogP contribution in [0.5, 0.6) is 0 Å². The molecule has 25 heavy (non-hydrogen) atoms. The van der Waals surface area contributed by atoms with Crippen LogP contribution in [0.25, 0.3) is 0 Å². The third-order valence-electron chi connectivity index (χ3n) is 4.53. The lowest BCUT2D eigenvalue weighted by Gasteiger charge is -2.19. The van der Waals surface area contributed by atoms with Gasteiger partial charge < -0.3 is 15.3 Å². The van der Waals surface area contributed by atoms with E-state index in [-0.39, 0.29) is 36.7 Å². The van der Waals surface area contributed by atoms with Crippen molar-refractivity contribution in [2.75, 3.05) is 19.6 Å². The smallest absolute Gasteiger partial charge is 0.308 e. The standard InChI is InChI=1S/C19H26N2O4/c1-19(2,3)15-6-4-13(5-7-15)17(23)20-10-8-16(22)21-11-9-14(12-21)18(24)25/h4-7,14H,8-12H2,1-3H3,(H,20,23)(H,24,25). The van der Waals surface area contributed by atoms with Crippen LogP contribution >= 0.6 is 0 Å². The van der Waals surface area contributed by atoms with Crippen molar-refractivity contribution in [2.24, 2.45) is 5.92 Å². The predicted octanol–water partition coefficient (Wildman–Crippen LogP) is 2.04. The number of likely N-dealkylation sites (tertiary alicyclic amines) is 1. The second-order valence-corrected chi connectivity index (χ2v) is 7.50. The van der Waals surface area contributed by atoms with E-state index in [4.69, 9.17) is 5.11 Å². The fraction of sp³-hybridized carbons (Fsp3) is 0.526. The number of nitrogens with one attached hydrogen (secondary N) is 1. The molecule has 1 aromatic carbocycles. The molecule has 1 heterocycles. The molecule has 0 spiro atoms. The molecule has 2 rings (SSSR count). The number of carbonyl (C=O) groups excluding carboxylic acids is 2. The van der Waals surface area contributed by atoms with E-state index >= 15 is 0 Å². The number of nitrogens with zero attached hydrogens (tertiary/aromatic N) is 1. The molecule has 0 aliphatic carbocycles. The van der Waals surface area contributed by atoms with Crippen molar-refractivity contribution in [3.63, 3.8) is 0 Å². The van der Waals surface area contributed by atoms with E-state index in [1.807, 2.05) is 12.1 Å². The minimum absolute atomic E-state index is 0.0327. The van der Waals surface area contributed by atoms with Crippen molar-refractivity contribution >= 4 is 17.8 Å². The third-order valence-corrected chi connectivity index (χ3v) is 4.53. The highest BCUT2D eigenvalue weighted by Gasteiger charge is 2.30. The summed E-state index contributed by atoms with van der Waals surface area (Å²) in [6.07, 6.45) is 0.672. The van der Waals surface area contributed by atoms with Crippen LogP contribution in [-0.2, 0) is 15.0 Å². The minimum Gasteiger partial charge on any atom is -0.481 e. The van der Waals surface area contributed by atoms with Gasteiger partial charge in [0.1, 0.15) is 0 Å². The summed E-state index contributed by atoms with van der Waals surface area (Å²) in [4.78, 5) is 36.7. The summed E-state index contributed by atoms with van der Waals surface area (Å²) in [5.41, 5.74) is 1.75. The first-order valence-corrected chi connectivity index (χ1v) is 8.58. The Bertz CT molecular complexity index is 646. The van der Waals surface area contributed by atoms with Gasteiger partial charge in [-0.15, -0.1) is 0 Å². The zero-order valence-corrected chi connectivity index (χ0v) is 15.0. The van der Waals surface area contributed by atoms with Gasteiger partial charge in [-0.05, 0) is 29.5 Å². The molecule has 1 aliphatic heterocycles. The van der Waals surface area contributed by atoms with Crippen LogP contribution < -0.4 is 5.32 Å². The lowest BCUT2D eigenvalue weighted by atomic mass is 9.87. The monoisotopic (exact) mass is 346 g/mol. The van der Waals surface area contributed by atoms with Crippen molar-refractivity contribution in [1.82, 2.24) is 10.2 Å². The highest BCUT2D eigenvalue weighted by molar-refractivity contribution is 5.94. The molecule has 2 amide bonds. The van der Waals surface area contributed by atoms with Gasteiger partial charge in [0, 0.05) is 31.6 Å². The predicted molar refractivity (Wildman–Crippen MR) is 94.4 cm³/mol. The van der Waals surface area contributed by atoms with Gasteiger partial charge in [0.2, 0.25) is 5.91 Å².